The lowest BCUT2D eigenvalue weighted by molar-refractivity contribution is -0.105. The smallest absolute Gasteiger partial charge is 0.157 e. The first-order valence-corrected chi connectivity index (χ1v) is 8.00. The van der Waals surface area contributed by atoms with E-state index in [0.29, 0.717) is 12.0 Å². The number of hydrogen-bond donors (Lipinski definition) is 1. The quantitative estimate of drug-likeness (QED) is 0.331. The van der Waals surface area contributed by atoms with Gasteiger partial charge in [-0.15, -0.1) is 0 Å². The van der Waals surface area contributed by atoms with E-state index in [-0.39, 0.29) is 23.7 Å². The first-order valence-electron chi connectivity index (χ1n) is 8.00. The number of aliphatic hydroxyl groups excluding tert-OH is 1. The van der Waals surface area contributed by atoms with E-state index in [2.05, 4.69) is 11.6 Å². The zero-order chi connectivity index (χ0) is 18.9. The van der Waals surface area contributed by atoms with Crippen LogP contribution in [0.3, 0.4) is 0 Å². The number of aldehydes is 1. The number of benzene rings is 1. The van der Waals surface area contributed by atoms with Crippen molar-refractivity contribution in [1.29, 1.82) is 0 Å². The van der Waals surface area contributed by atoms with E-state index >= 15 is 0 Å². The predicted octanol–water partition coefficient (Wildman–Crippen LogP) is 4.37. The van der Waals surface area contributed by atoms with Crippen molar-refractivity contribution in [3.05, 3.63) is 84.0 Å². The van der Waals surface area contributed by atoms with Gasteiger partial charge in [0, 0.05) is 17.3 Å². The molecule has 1 heterocycles. The van der Waals surface area contributed by atoms with E-state index in [1.54, 1.807) is 13.3 Å². The van der Waals surface area contributed by atoms with Crippen LogP contribution >= 0.6 is 0 Å². The standard InChI is InChI=1S/C21H21NO4/c1-4-8-20(18(13-23)15(2)24)26-14-16-9-7-12-22-21(16)17-10-5-6-11-19(17)25-3/h4-13,24H,1,14H2,2-3H3/b18-15+,20-8+. The molecule has 134 valence electrons. The summed E-state index contributed by atoms with van der Waals surface area (Å²) in [6.45, 7) is 5.20. The Labute approximate surface area is 152 Å². The molecule has 0 atom stereocenters. The molecule has 0 amide bonds. The Morgan fingerprint density at radius 3 is 2.69 bits per heavy atom. The molecule has 1 aromatic carbocycles. The molecule has 0 saturated carbocycles. The fraction of sp³-hybridized carbons (Fsp3) is 0.143. The van der Waals surface area contributed by atoms with Gasteiger partial charge in [0.05, 0.1) is 18.4 Å². The number of carbonyl (C=O) groups excluding carboxylic acids is 1. The highest BCUT2D eigenvalue weighted by Crippen LogP contribution is 2.31. The van der Waals surface area contributed by atoms with Crippen molar-refractivity contribution in [2.45, 2.75) is 13.5 Å². The third-order valence-electron chi connectivity index (χ3n) is 3.68. The van der Waals surface area contributed by atoms with Gasteiger partial charge >= 0.3 is 0 Å². The fourth-order valence-corrected chi connectivity index (χ4v) is 2.44. The Kier molecular flexibility index (Phi) is 6.74. The zero-order valence-electron chi connectivity index (χ0n) is 14.8. The maximum Gasteiger partial charge on any atom is 0.157 e. The van der Waals surface area contributed by atoms with Crippen LogP contribution in [0, 0.1) is 0 Å². The number of para-hydroxylation sites is 1. The second kappa shape index (κ2) is 9.22. The summed E-state index contributed by atoms with van der Waals surface area (Å²) >= 11 is 0. The molecule has 0 aliphatic carbocycles. The first-order chi connectivity index (χ1) is 12.6. The highest BCUT2D eigenvalue weighted by atomic mass is 16.5. The third-order valence-corrected chi connectivity index (χ3v) is 3.68. The van der Waals surface area contributed by atoms with Crippen LogP contribution in [0.4, 0.5) is 0 Å². The van der Waals surface area contributed by atoms with Crippen molar-refractivity contribution in [1.82, 2.24) is 4.98 Å². The highest BCUT2D eigenvalue weighted by molar-refractivity contribution is 5.80. The largest absolute Gasteiger partial charge is 0.512 e. The molecule has 0 aliphatic rings. The van der Waals surface area contributed by atoms with Gasteiger partial charge in [-0.05, 0) is 31.2 Å². The van der Waals surface area contributed by atoms with Crippen molar-refractivity contribution in [3.8, 4) is 17.0 Å². The summed E-state index contributed by atoms with van der Waals surface area (Å²) in [5.74, 6) is 0.822. The van der Waals surface area contributed by atoms with Gasteiger partial charge in [0.2, 0.25) is 0 Å². The number of nitrogens with zero attached hydrogens (tertiary/aromatic N) is 1. The number of rotatable bonds is 8. The summed E-state index contributed by atoms with van der Waals surface area (Å²) in [7, 11) is 1.61. The lowest BCUT2D eigenvalue weighted by Crippen LogP contribution is -2.03. The second-order valence-corrected chi connectivity index (χ2v) is 5.38. The molecule has 0 aliphatic heterocycles. The molecule has 2 aromatic rings. The van der Waals surface area contributed by atoms with E-state index in [1.165, 1.54) is 19.1 Å². The summed E-state index contributed by atoms with van der Waals surface area (Å²) in [5, 5.41) is 9.67. The maximum absolute atomic E-state index is 11.2. The van der Waals surface area contributed by atoms with Gasteiger partial charge in [-0.2, -0.15) is 0 Å². The SMILES string of the molecule is C=C/C=C(OCc1cccnc1-c1ccccc1OC)\C(C=O)=C(/C)O. The Balaban J connectivity index is 2.37. The molecule has 0 radical (unpaired) electrons. The van der Waals surface area contributed by atoms with Gasteiger partial charge in [-0.1, -0.05) is 30.9 Å². The molecular formula is C21H21NO4. The topological polar surface area (TPSA) is 68.7 Å². The Morgan fingerprint density at radius 1 is 1.27 bits per heavy atom. The van der Waals surface area contributed by atoms with Crippen molar-refractivity contribution >= 4 is 6.29 Å². The summed E-state index contributed by atoms with van der Waals surface area (Å²) in [6, 6.07) is 11.3. The minimum Gasteiger partial charge on any atom is -0.512 e. The van der Waals surface area contributed by atoms with Crippen molar-refractivity contribution in [2.24, 2.45) is 0 Å². The van der Waals surface area contributed by atoms with Crippen LogP contribution in [-0.2, 0) is 16.1 Å². The minimum absolute atomic E-state index is 0.0765. The highest BCUT2D eigenvalue weighted by Gasteiger charge is 2.14. The lowest BCUT2D eigenvalue weighted by atomic mass is 10.1. The summed E-state index contributed by atoms with van der Waals surface area (Å²) in [4.78, 5) is 15.7. The number of allylic oxidation sites excluding steroid dienone is 4. The monoisotopic (exact) mass is 351 g/mol. The van der Waals surface area contributed by atoms with Crippen LogP contribution in [0.15, 0.2) is 78.4 Å². The van der Waals surface area contributed by atoms with Crippen molar-refractivity contribution < 1.29 is 19.4 Å². The van der Waals surface area contributed by atoms with E-state index in [4.69, 9.17) is 9.47 Å². The Hall–Kier alpha value is -3.34. The number of methoxy groups -OCH3 is 1. The van der Waals surface area contributed by atoms with Crippen LogP contribution in [0.2, 0.25) is 0 Å². The molecule has 5 heteroatoms. The maximum atomic E-state index is 11.2. The van der Waals surface area contributed by atoms with Crippen molar-refractivity contribution in [3.63, 3.8) is 0 Å². The summed E-state index contributed by atoms with van der Waals surface area (Å²) in [6.07, 6.45) is 5.27. The van der Waals surface area contributed by atoms with E-state index in [9.17, 15) is 9.90 Å². The number of carbonyl (C=O) groups is 1. The lowest BCUT2D eigenvalue weighted by Gasteiger charge is -2.14. The molecule has 1 N–H and O–H groups in total. The molecule has 26 heavy (non-hydrogen) atoms. The second-order valence-electron chi connectivity index (χ2n) is 5.38. The summed E-state index contributed by atoms with van der Waals surface area (Å²) < 4.78 is 11.2. The third kappa shape index (κ3) is 4.39. The Morgan fingerprint density at radius 2 is 2.04 bits per heavy atom. The molecule has 0 saturated heterocycles. The van der Waals surface area contributed by atoms with Crippen LogP contribution in [0.25, 0.3) is 11.3 Å². The number of aliphatic hydroxyl groups is 1. The number of aromatic nitrogens is 1. The fourth-order valence-electron chi connectivity index (χ4n) is 2.44. The molecule has 2 rings (SSSR count). The zero-order valence-corrected chi connectivity index (χ0v) is 14.8. The van der Waals surface area contributed by atoms with Crippen molar-refractivity contribution in [2.75, 3.05) is 7.11 Å². The van der Waals surface area contributed by atoms with E-state index < -0.39 is 0 Å². The van der Waals surface area contributed by atoms with Gasteiger partial charge in [0.15, 0.2) is 6.29 Å². The van der Waals surface area contributed by atoms with Crippen LogP contribution in [-0.4, -0.2) is 23.5 Å². The van der Waals surface area contributed by atoms with Gasteiger partial charge in [0.1, 0.15) is 23.9 Å². The Bertz CT molecular complexity index is 849. The minimum atomic E-state index is -0.121. The predicted molar refractivity (Wildman–Crippen MR) is 101 cm³/mol. The number of hydrogen-bond acceptors (Lipinski definition) is 5. The van der Waals surface area contributed by atoms with Crippen LogP contribution in [0.5, 0.6) is 5.75 Å². The average molecular weight is 351 g/mol. The number of ether oxygens (including phenoxy) is 2. The van der Waals surface area contributed by atoms with Gasteiger partial charge in [-0.3, -0.25) is 9.78 Å². The van der Waals surface area contributed by atoms with Crippen LogP contribution in [0.1, 0.15) is 12.5 Å². The molecule has 1 aromatic heterocycles. The first kappa shape index (κ1) is 19.0. The molecule has 5 nitrogen and oxygen atoms in total. The van der Waals surface area contributed by atoms with Gasteiger partial charge in [-0.25, -0.2) is 0 Å². The van der Waals surface area contributed by atoms with E-state index in [0.717, 1.165) is 16.8 Å². The van der Waals surface area contributed by atoms with E-state index in [1.807, 2.05) is 36.4 Å². The molecule has 0 bridgehead atoms. The number of pyridine rings is 1. The molecule has 0 spiro atoms. The van der Waals surface area contributed by atoms with Crippen LogP contribution < -0.4 is 4.74 Å². The summed E-state index contributed by atoms with van der Waals surface area (Å²) in [5.41, 5.74) is 2.45. The van der Waals surface area contributed by atoms with Gasteiger partial charge in [0.25, 0.3) is 0 Å². The molecular weight excluding hydrogens is 330 g/mol. The molecule has 0 unspecified atom stereocenters. The normalized spacial score (nSPS) is 12.2. The average Bonchev–Trinajstić information content (AvgIpc) is 2.66. The van der Waals surface area contributed by atoms with Gasteiger partial charge < -0.3 is 14.6 Å². The molecule has 0 fully saturated rings.